The first-order valence-corrected chi connectivity index (χ1v) is 5.99. The number of aliphatic hydroxyl groups is 1. The van der Waals surface area contributed by atoms with Crippen LogP contribution in [0.3, 0.4) is 0 Å². The number of hydrogen-bond acceptors (Lipinski definition) is 3. The Kier molecular flexibility index (Phi) is 5.60. The monoisotopic (exact) mass is 316 g/mol. The molecule has 0 saturated heterocycles. The molecule has 0 fully saturated rings. The Morgan fingerprint density at radius 1 is 1.28 bits per heavy atom. The minimum absolute atomic E-state index is 0.0386. The van der Waals surface area contributed by atoms with E-state index in [-0.39, 0.29) is 13.0 Å². The van der Waals surface area contributed by atoms with Crippen LogP contribution in [0.15, 0.2) is 28.7 Å². The number of carbonyl (C=O) groups is 2. The van der Waals surface area contributed by atoms with Crippen molar-refractivity contribution in [3.8, 4) is 0 Å². The van der Waals surface area contributed by atoms with Crippen molar-refractivity contribution in [2.45, 2.75) is 12.5 Å². The third kappa shape index (κ3) is 4.72. The fraction of sp³-hybridized carbons (Fsp3) is 0.273. The van der Waals surface area contributed by atoms with Crippen molar-refractivity contribution in [1.29, 1.82) is 0 Å². The lowest BCUT2D eigenvalue weighted by Gasteiger charge is -2.13. The van der Waals surface area contributed by atoms with Crippen molar-refractivity contribution < 1.29 is 19.8 Å². The molecule has 0 aliphatic carbocycles. The van der Waals surface area contributed by atoms with Gasteiger partial charge >= 0.3 is 12.0 Å². The molecule has 18 heavy (non-hydrogen) atoms. The molecule has 0 aliphatic heterocycles. The quantitative estimate of drug-likeness (QED) is 0.660. The van der Waals surface area contributed by atoms with Gasteiger partial charge in [-0.15, -0.1) is 0 Å². The number of rotatable bonds is 5. The lowest BCUT2D eigenvalue weighted by molar-refractivity contribution is -0.139. The second-order valence-electron chi connectivity index (χ2n) is 3.51. The fourth-order valence-corrected chi connectivity index (χ4v) is 1.51. The summed E-state index contributed by atoms with van der Waals surface area (Å²) < 4.78 is 0.872. The summed E-state index contributed by atoms with van der Waals surface area (Å²) in [5.41, 5.74) is 0.545. The maximum absolute atomic E-state index is 11.5. The maximum Gasteiger partial charge on any atom is 0.326 e. The molecule has 1 aromatic carbocycles. The molecule has 0 bridgehead atoms. The molecule has 1 atom stereocenters. The van der Waals surface area contributed by atoms with Gasteiger partial charge in [-0.3, -0.25) is 0 Å². The topological polar surface area (TPSA) is 98.7 Å². The average Bonchev–Trinajstić information content (AvgIpc) is 2.31. The van der Waals surface area contributed by atoms with E-state index in [0.29, 0.717) is 5.69 Å². The molecular formula is C11H13BrN2O4. The van der Waals surface area contributed by atoms with Gasteiger partial charge in [0, 0.05) is 23.2 Å². The molecule has 7 heteroatoms. The Labute approximate surface area is 112 Å². The van der Waals surface area contributed by atoms with Crippen LogP contribution in [0.5, 0.6) is 0 Å². The van der Waals surface area contributed by atoms with E-state index < -0.39 is 18.0 Å². The first kappa shape index (κ1) is 14.5. The summed E-state index contributed by atoms with van der Waals surface area (Å²) >= 11 is 3.26. The molecule has 0 saturated carbocycles. The SMILES string of the molecule is O=C(Nc1ccc(Br)cc1)N[C@H](CCO)C(=O)O. The number of urea groups is 1. The van der Waals surface area contributed by atoms with Gasteiger partial charge in [0.05, 0.1) is 0 Å². The van der Waals surface area contributed by atoms with Gasteiger partial charge in [-0.2, -0.15) is 0 Å². The number of aliphatic carboxylic acids is 1. The summed E-state index contributed by atoms with van der Waals surface area (Å²) in [5.74, 6) is -1.19. The molecular weight excluding hydrogens is 304 g/mol. The van der Waals surface area contributed by atoms with Crippen LogP contribution in [0.2, 0.25) is 0 Å². The highest BCUT2D eigenvalue weighted by molar-refractivity contribution is 9.10. The van der Waals surface area contributed by atoms with E-state index in [1.165, 1.54) is 0 Å². The number of aliphatic hydroxyl groups excluding tert-OH is 1. The minimum atomic E-state index is -1.19. The zero-order valence-corrected chi connectivity index (χ0v) is 11.0. The predicted molar refractivity (Wildman–Crippen MR) is 69.4 cm³/mol. The lowest BCUT2D eigenvalue weighted by Crippen LogP contribution is -2.43. The Hall–Kier alpha value is -1.60. The number of nitrogens with one attached hydrogen (secondary N) is 2. The molecule has 0 aromatic heterocycles. The lowest BCUT2D eigenvalue weighted by atomic mass is 10.2. The summed E-state index contributed by atoms with van der Waals surface area (Å²) in [5, 5.41) is 22.2. The third-order valence-electron chi connectivity index (χ3n) is 2.12. The molecule has 0 radical (unpaired) electrons. The van der Waals surface area contributed by atoms with Gasteiger partial charge in [-0.1, -0.05) is 15.9 Å². The van der Waals surface area contributed by atoms with Crippen LogP contribution >= 0.6 is 15.9 Å². The number of hydrogen-bond donors (Lipinski definition) is 4. The molecule has 0 heterocycles. The van der Waals surface area contributed by atoms with Crippen molar-refractivity contribution in [3.63, 3.8) is 0 Å². The van der Waals surface area contributed by atoms with Crippen molar-refractivity contribution in [2.75, 3.05) is 11.9 Å². The molecule has 98 valence electrons. The van der Waals surface area contributed by atoms with Crippen molar-refractivity contribution >= 4 is 33.6 Å². The van der Waals surface area contributed by atoms with Gasteiger partial charge < -0.3 is 20.8 Å². The van der Waals surface area contributed by atoms with Crippen LogP contribution in [0.25, 0.3) is 0 Å². The standard InChI is InChI=1S/C11H13BrN2O4/c12-7-1-3-8(4-2-7)13-11(18)14-9(5-6-15)10(16)17/h1-4,9,15H,5-6H2,(H,16,17)(H2,13,14,18)/t9-/m1/s1. The van der Waals surface area contributed by atoms with Gasteiger partial charge in [-0.05, 0) is 24.3 Å². The number of benzene rings is 1. The summed E-state index contributed by atoms with van der Waals surface area (Å²) in [6.07, 6.45) is -0.0386. The van der Waals surface area contributed by atoms with Crippen LogP contribution in [-0.4, -0.2) is 34.9 Å². The number of carboxylic acids is 1. The molecule has 0 aliphatic rings. The van der Waals surface area contributed by atoms with Gasteiger partial charge in [0.2, 0.25) is 0 Å². The smallest absolute Gasteiger partial charge is 0.326 e. The van der Waals surface area contributed by atoms with E-state index in [1.807, 2.05) is 0 Å². The van der Waals surface area contributed by atoms with Gasteiger partial charge in [0.1, 0.15) is 6.04 Å². The first-order valence-electron chi connectivity index (χ1n) is 5.19. The summed E-state index contributed by atoms with van der Waals surface area (Å²) in [4.78, 5) is 22.3. The number of halogens is 1. The zero-order chi connectivity index (χ0) is 13.5. The van der Waals surface area contributed by atoms with E-state index in [9.17, 15) is 9.59 Å². The van der Waals surface area contributed by atoms with E-state index in [4.69, 9.17) is 10.2 Å². The summed E-state index contributed by atoms with van der Waals surface area (Å²) in [6, 6.07) is 5.11. The fourth-order valence-electron chi connectivity index (χ4n) is 1.25. The van der Waals surface area contributed by atoms with E-state index in [1.54, 1.807) is 24.3 Å². The Morgan fingerprint density at radius 3 is 2.39 bits per heavy atom. The second kappa shape index (κ2) is 6.97. The molecule has 4 N–H and O–H groups in total. The second-order valence-corrected chi connectivity index (χ2v) is 4.42. The highest BCUT2D eigenvalue weighted by Crippen LogP contribution is 2.13. The first-order chi connectivity index (χ1) is 8.52. The van der Waals surface area contributed by atoms with Crippen LogP contribution in [0.4, 0.5) is 10.5 Å². The van der Waals surface area contributed by atoms with Crippen molar-refractivity contribution in [3.05, 3.63) is 28.7 Å². The Balaban J connectivity index is 2.54. The van der Waals surface area contributed by atoms with E-state index >= 15 is 0 Å². The number of anilines is 1. The Morgan fingerprint density at radius 2 is 1.89 bits per heavy atom. The summed E-state index contributed by atoms with van der Waals surface area (Å²) in [6.45, 7) is -0.310. The molecule has 0 unspecified atom stereocenters. The molecule has 2 amide bonds. The average molecular weight is 317 g/mol. The van der Waals surface area contributed by atoms with Crippen LogP contribution in [-0.2, 0) is 4.79 Å². The van der Waals surface area contributed by atoms with Gasteiger partial charge in [0.15, 0.2) is 0 Å². The molecule has 1 aromatic rings. The normalized spacial score (nSPS) is 11.7. The van der Waals surface area contributed by atoms with Crippen molar-refractivity contribution in [2.24, 2.45) is 0 Å². The largest absolute Gasteiger partial charge is 0.480 e. The van der Waals surface area contributed by atoms with Crippen LogP contribution in [0.1, 0.15) is 6.42 Å². The van der Waals surface area contributed by atoms with E-state index in [0.717, 1.165) is 4.47 Å². The predicted octanol–water partition coefficient (Wildman–Crippen LogP) is 1.41. The number of carbonyl (C=O) groups excluding carboxylic acids is 1. The van der Waals surface area contributed by atoms with Gasteiger partial charge in [-0.25, -0.2) is 9.59 Å². The molecule has 6 nitrogen and oxygen atoms in total. The zero-order valence-electron chi connectivity index (χ0n) is 9.39. The molecule has 1 rings (SSSR count). The Bertz CT molecular complexity index is 422. The van der Waals surface area contributed by atoms with Crippen LogP contribution < -0.4 is 10.6 Å². The summed E-state index contributed by atoms with van der Waals surface area (Å²) in [7, 11) is 0. The van der Waals surface area contributed by atoms with Gasteiger partial charge in [0.25, 0.3) is 0 Å². The maximum atomic E-state index is 11.5. The number of amides is 2. The minimum Gasteiger partial charge on any atom is -0.480 e. The van der Waals surface area contributed by atoms with Crippen LogP contribution in [0, 0.1) is 0 Å². The van der Waals surface area contributed by atoms with Crippen molar-refractivity contribution in [1.82, 2.24) is 5.32 Å². The number of carboxylic acid groups (broad SMARTS) is 1. The highest BCUT2D eigenvalue weighted by atomic mass is 79.9. The molecule has 0 spiro atoms. The van der Waals surface area contributed by atoms with E-state index in [2.05, 4.69) is 26.6 Å². The third-order valence-corrected chi connectivity index (χ3v) is 2.65. The highest BCUT2D eigenvalue weighted by Gasteiger charge is 2.18.